The molecule has 0 heterocycles. The molecule has 0 saturated heterocycles. The fourth-order valence-electron chi connectivity index (χ4n) is 2.79. The first-order valence-electron chi connectivity index (χ1n) is 7.21. The minimum Gasteiger partial charge on any atom is -0.310 e. The minimum absolute atomic E-state index is 0.168. The zero-order chi connectivity index (χ0) is 14.8. The fourth-order valence-corrected chi connectivity index (χ4v) is 3.31. The standard InChI is InChI=1S/C15H24N2O2S/c1-11-3-6-14(9-12(11)2)17-10-13-4-7-15(8-5-13)20(16,18)19/h4-5,7-8,11-12,14,17H,3,6,9-10H2,1-2H3,(H2,16,18,19). The van der Waals surface area contributed by atoms with E-state index in [2.05, 4.69) is 19.2 Å². The van der Waals surface area contributed by atoms with Crippen LogP contribution in [0.25, 0.3) is 0 Å². The Morgan fingerprint density at radius 2 is 1.80 bits per heavy atom. The Balaban J connectivity index is 1.88. The first kappa shape index (κ1) is 15.5. The Morgan fingerprint density at radius 1 is 1.15 bits per heavy atom. The molecule has 3 N–H and O–H groups in total. The van der Waals surface area contributed by atoms with E-state index in [1.807, 2.05) is 12.1 Å². The van der Waals surface area contributed by atoms with Crippen molar-refractivity contribution in [3.05, 3.63) is 29.8 Å². The highest BCUT2D eigenvalue weighted by molar-refractivity contribution is 7.89. The molecule has 20 heavy (non-hydrogen) atoms. The number of primary sulfonamides is 1. The average molecular weight is 296 g/mol. The number of hydrogen-bond donors (Lipinski definition) is 2. The predicted molar refractivity (Wildman–Crippen MR) is 80.6 cm³/mol. The quantitative estimate of drug-likeness (QED) is 0.895. The Hall–Kier alpha value is -0.910. The van der Waals surface area contributed by atoms with Gasteiger partial charge in [0.05, 0.1) is 4.90 Å². The smallest absolute Gasteiger partial charge is 0.238 e. The Labute approximate surface area is 121 Å². The molecule has 0 aromatic heterocycles. The minimum atomic E-state index is -3.59. The first-order chi connectivity index (χ1) is 9.36. The highest BCUT2D eigenvalue weighted by Crippen LogP contribution is 2.29. The van der Waals surface area contributed by atoms with Gasteiger partial charge in [0.15, 0.2) is 0 Å². The number of sulfonamides is 1. The summed E-state index contributed by atoms with van der Waals surface area (Å²) in [6, 6.07) is 7.35. The van der Waals surface area contributed by atoms with Crippen LogP contribution in [-0.2, 0) is 16.6 Å². The van der Waals surface area contributed by atoms with Crippen molar-refractivity contribution in [1.82, 2.24) is 5.32 Å². The van der Waals surface area contributed by atoms with Gasteiger partial charge in [0.25, 0.3) is 0 Å². The molecule has 3 atom stereocenters. The van der Waals surface area contributed by atoms with Crippen LogP contribution < -0.4 is 10.5 Å². The van der Waals surface area contributed by atoms with Gasteiger partial charge in [-0.15, -0.1) is 0 Å². The summed E-state index contributed by atoms with van der Waals surface area (Å²) in [5.74, 6) is 1.59. The van der Waals surface area contributed by atoms with Crippen molar-refractivity contribution in [1.29, 1.82) is 0 Å². The Kier molecular flexibility index (Phi) is 4.83. The maximum absolute atomic E-state index is 11.2. The lowest BCUT2D eigenvalue weighted by Crippen LogP contribution is -2.35. The largest absolute Gasteiger partial charge is 0.310 e. The zero-order valence-corrected chi connectivity index (χ0v) is 13.0. The summed E-state index contributed by atoms with van der Waals surface area (Å²) in [4.78, 5) is 0.168. The monoisotopic (exact) mass is 296 g/mol. The van der Waals surface area contributed by atoms with Gasteiger partial charge in [0.2, 0.25) is 10.0 Å². The first-order valence-corrected chi connectivity index (χ1v) is 8.76. The van der Waals surface area contributed by atoms with Gasteiger partial charge < -0.3 is 5.32 Å². The molecule has 5 heteroatoms. The SMILES string of the molecule is CC1CCC(NCc2ccc(S(N)(=O)=O)cc2)CC1C. The van der Waals surface area contributed by atoms with Gasteiger partial charge in [-0.1, -0.05) is 26.0 Å². The van der Waals surface area contributed by atoms with Crippen LogP contribution in [0, 0.1) is 11.8 Å². The fraction of sp³-hybridized carbons (Fsp3) is 0.600. The van der Waals surface area contributed by atoms with Gasteiger partial charge in [-0.3, -0.25) is 0 Å². The van der Waals surface area contributed by atoms with Crippen molar-refractivity contribution in [2.24, 2.45) is 17.0 Å². The lowest BCUT2D eigenvalue weighted by molar-refractivity contribution is 0.225. The Morgan fingerprint density at radius 3 is 2.35 bits per heavy atom. The van der Waals surface area contributed by atoms with Crippen LogP contribution in [0.15, 0.2) is 29.2 Å². The van der Waals surface area contributed by atoms with Crippen LogP contribution in [0.3, 0.4) is 0 Å². The van der Waals surface area contributed by atoms with E-state index in [1.54, 1.807) is 12.1 Å². The molecular weight excluding hydrogens is 272 g/mol. The highest BCUT2D eigenvalue weighted by Gasteiger charge is 2.23. The van der Waals surface area contributed by atoms with E-state index >= 15 is 0 Å². The van der Waals surface area contributed by atoms with E-state index < -0.39 is 10.0 Å². The van der Waals surface area contributed by atoms with Crippen molar-refractivity contribution in [2.45, 2.75) is 50.6 Å². The number of hydrogen-bond acceptors (Lipinski definition) is 3. The van der Waals surface area contributed by atoms with Crippen LogP contribution in [-0.4, -0.2) is 14.5 Å². The topological polar surface area (TPSA) is 72.2 Å². The normalized spacial score (nSPS) is 27.4. The van der Waals surface area contributed by atoms with E-state index in [9.17, 15) is 8.42 Å². The molecule has 1 saturated carbocycles. The summed E-state index contributed by atoms with van der Waals surface area (Å²) in [7, 11) is -3.59. The van der Waals surface area contributed by atoms with Crippen LogP contribution in [0.2, 0.25) is 0 Å². The molecule has 0 radical (unpaired) electrons. The van der Waals surface area contributed by atoms with Gasteiger partial charge in [0.1, 0.15) is 0 Å². The van der Waals surface area contributed by atoms with Gasteiger partial charge in [0, 0.05) is 12.6 Å². The number of nitrogens with two attached hydrogens (primary N) is 1. The molecule has 1 aliphatic carbocycles. The molecule has 0 bridgehead atoms. The van der Waals surface area contributed by atoms with Crippen LogP contribution in [0.4, 0.5) is 0 Å². The lowest BCUT2D eigenvalue weighted by atomic mass is 9.79. The van der Waals surface area contributed by atoms with Gasteiger partial charge in [-0.2, -0.15) is 0 Å². The third-order valence-corrected chi connectivity index (χ3v) is 5.37. The van der Waals surface area contributed by atoms with Crippen molar-refractivity contribution in [2.75, 3.05) is 0 Å². The van der Waals surface area contributed by atoms with Crippen LogP contribution >= 0.6 is 0 Å². The van der Waals surface area contributed by atoms with Crippen LogP contribution in [0.5, 0.6) is 0 Å². The van der Waals surface area contributed by atoms with Crippen LogP contribution in [0.1, 0.15) is 38.7 Å². The lowest BCUT2D eigenvalue weighted by Gasteiger charge is -2.32. The predicted octanol–water partition coefficient (Wildman–Crippen LogP) is 2.25. The van der Waals surface area contributed by atoms with Gasteiger partial charge >= 0.3 is 0 Å². The second-order valence-electron chi connectivity index (χ2n) is 6.03. The molecular formula is C15H24N2O2S. The maximum Gasteiger partial charge on any atom is 0.238 e. The molecule has 1 aromatic carbocycles. The molecule has 1 fully saturated rings. The molecule has 0 amide bonds. The molecule has 0 aliphatic heterocycles. The summed E-state index contributed by atoms with van der Waals surface area (Å²) < 4.78 is 22.4. The average Bonchev–Trinajstić information content (AvgIpc) is 2.40. The molecule has 1 aliphatic rings. The zero-order valence-electron chi connectivity index (χ0n) is 12.2. The molecule has 1 aromatic rings. The number of nitrogens with one attached hydrogen (secondary N) is 1. The molecule has 3 unspecified atom stereocenters. The molecule has 2 rings (SSSR count). The van der Waals surface area contributed by atoms with E-state index in [4.69, 9.17) is 5.14 Å². The summed E-state index contributed by atoms with van der Waals surface area (Å²) in [5, 5.41) is 8.65. The third kappa shape index (κ3) is 4.04. The van der Waals surface area contributed by atoms with E-state index in [1.165, 1.54) is 19.3 Å². The Bertz CT molecular complexity index is 539. The van der Waals surface area contributed by atoms with Crippen molar-refractivity contribution in [3.63, 3.8) is 0 Å². The van der Waals surface area contributed by atoms with E-state index in [0.29, 0.717) is 6.04 Å². The molecule has 112 valence electrons. The number of benzene rings is 1. The van der Waals surface area contributed by atoms with Gasteiger partial charge in [-0.25, -0.2) is 13.6 Å². The number of rotatable bonds is 4. The van der Waals surface area contributed by atoms with E-state index in [-0.39, 0.29) is 4.90 Å². The highest BCUT2D eigenvalue weighted by atomic mass is 32.2. The summed E-state index contributed by atoms with van der Waals surface area (Å²) >= 11 is 0. The second kappa shape index (κ2) is 6.24. The third-order valence-electron chi connectivity index (χ3n) is 4.44. The summed E-state index contributed by atoms with van der Waals surface area (Å²) in [5.41, 5.74) is 1.09. The summed E-state index contributed by atoms with van der Waals surface area (Å²) in [6.45, 7) is 5.42. The van der Waals surface area contributed by atoms with E-state index in [0.717, 1.165) is 23.9 Å². The maximum atomic E-state index is 11.2. The van der Waals surface area contributed by atoms with Crippen molar-refractivity contribution in [3.8, 4) is 0 Å². The van der Waals surface area contributed by atoms with Crippen molar-refractivity contribution >= 4 is 10.0 Å². The van der Waals surface area contributed by atoms with Crippen molar-refractivity contribution < 1.29 is 8.42 Å². The second-order valence-corrected chi connectivity index (χ2v) is 7.60. The summed E-state index contributed by atoms with van der Waals surface area (Å²) in [6.07, 6.45) is 3.72. The molecule has 0 spiro atoms. The molecule has 4 nitrogen and oxygen atoms in total. The van der Waals surface area contributed by atoms with Gasteiger partial charge in [-0.05, 0) is 48.8 Å².